The molecule has 0 radical (unpaired) electrons. The Hall–Kier alpha value is -2.87. The van der Waals surface area contributed by atoms with Gasteiger partial charge in [0.15, 0.2) is 10.6 Å². The van der Waals surface area contributed by atoms with Crippen molar-refractivity contribution >= 4 is 28.9 Å². The van der Waals surface area contributed by atoms with E-state index >= 15 is 0 Å². The fourth-order valence-corrected chi connectivity index (χ4v) is 4.12. The molecule has 2 aromatic heterocycles. The SMILES string of the molecule is N#Cc1c(N)[nH+]c(SCc2ccc(F)cc2)c(C#N)c1-c1cccs1. The second kappa shape index (κ2) is 7.35. The molecular formula is C18H12FN4S2+. The van der Waals surface area contributed by atoms with Gasteiger partial charge in [0.1, 0.15) is 23.5 Å². The van der Waals surface area contributed by atoms with Crippen LogP contribution in [-0.2, 0) is 5.75 Å². The van der Waals surface area contributed by atoms with Gasteiger partial charge in [-0.05, 0) is 29.1 Å². The van der Waals surface area contributed by atoms with E-state index in [4.69, 9.17) is 5.73 Å². The topological polar surface area (TPSA) is 87.7 Å². The van der Waals surface area contributed by atoms with Gasteiger partial charge < -0.3 is 0 Å². The van der Waals surface area contributed by atoms with Crippen molar-refractivity contribution < 1.29 is 9.37 Å². The summed E-state index contributed by atoms with van der Waals surface area (Å²) in [5, 5.41) is 21.6. The zero-order chi connectivity index (χ0) is 17.8. The first-order valence-corrected chi connectivity index (χ1v) is 9.10. The Morgan fingerprint density at radius 2 is 1.84 bits per heavy atom. The van der Waals surface area contributed by atoms with Crippen LogP contribution in [0.5, 0.6) is 0 Å². The van der Waals surface area contributed by atoms with Gasteiger partial charge in [0.05, 0.1) is 0 Å². The number of nitriles is 2. The van der Waals surface area contributed by atoms with Crippen molar-refractivity contribution in [3.05, 3.63) is 64.3 Å². The first-order chi connectivity index (χ1) is 12.1. The van der Waals surface area contributed by atoms with Gasteiger partial charge in [0.25, 0.3) is 5.82 Å². The van der Waals surface area contributed by atoms with Gasteiger partial charge >= 0.3 is 0 Å². The number of rotatable bonds is 4. The zero-order valence-corrected chi connectivity index (χ0v) is 14.5. The van der Waals surface area contributed by atoms with E-state index in [0.717, 1.165) is 10.4 Å². The van der Waals surface area contributed by atoms with Crippen molar-refractivity contribution in [2.24, 2.45) is 0 Å². The van der Waals surface area contributed by atoms with Gasteiger partial charge in [-0.15, -0.1) is 11.3 Å². The lowest BCUT2D eigenvalue weighted by molar-refractivity contribution is -0.410. The van der Waals surface area contributed by atoms with Gasteiger partial charge in [-0.25, -0.2) is 9.37 Å². The highest BCUT2D eigenvalue weighted by Gasteiger charge is 2.24. The van der Waals surface area contributed by atoms with Crippen molar-refractivity contribution in [2.45, 2.75) is 10.8 Å². The monoisotopic (exact) mass is 367 g/mol. The number of nitrogen functional groups attached to an aromatic ring is 1. The van der Waals surface area contributed by atoms with Crippen LogP contribution in [0.2, 0.25) is 0 Å². The standard InChI is InChI=1S/C18H11FN4S2/c19-12-5-3-11(4-6-12)10-25-18-14(9-21)16(15-2-1-7-24-15)13(8-20)17(22)23-18/h1-7H,10H2,(H2,22,23)/p+1. The van der Waals surface area contributed by atoms with Crippen molar-refractivity contribution in [3.63, 3.8) is 0 Å². The summed E-state index contributed by atoms with van der Waals surface area (Å²) in [5.74, 6) is 0.480. The number of H-pyrrole nitrogens is 1. The summed E-state index contributed by atoms with van der Waals surface area (Å²) in [6.45, 7) is 0. The second-order valence-electron chi connectivity index (χ2n) is 5.11. The number of pyridine rings is 1. The van der Waals surface area contributed by atoms with Crippen LogP contribution in [0.25, 0.3) is 10.4 Å². The largest absolute Gasteiger partial charge is 0.289 e. The second-order valence-corrected chi connectivity index (χ2v) is 7.04. The van der Waals surface area contributed by atoms with E-state index in [1.807, 2.05) is 17.5 Å². The lowest BCUT2D eigenvalue weighted by Gasteiger charge is -2.08. The fraction of sp³-hybridized carbons (Fsp3) is 0.0556. The predicted octanol–water partition coefficient (Wildman–Crippen LogP) is 3.99. The number of nitrogens with two attached hydrogens (primary N) is 1. The highest BCUT2D eigenvalue weighted by molar-refractivity contribution is 7.98. The fourth-order valence-electron chi connectivity index (χ4n) is 2.35. The summed E-state index contributed by atoms with van der Waals surface area (Å²) < 4.78 is 13.0. The van der Waals surface area contributed by atoms with E-state index in [-0.39, 0.29) is 17.2 Å². The molecule has 0 saturated heterocycles. The third kappa shape index (κ3) is 3.48. The molecule has 4 nitrogen and oxygen atoms in total. The number of aromatic amines is 1. The summed E-state index contributed by atoms with van der Waals surface area (Å²) in [6, 6.07) is 14.2. The predicted molar refractivity (Wildman–Crippen MR) is 96.1 cm³/mol. The molecule has 0 saturated carbocycles. The molecule has 0 unspecified atom stereocenters. The van der Waals surface area contributed by atoms with E-state index in [1.165, 1.54) is 35.2 Å². The van der Waals surface area contributed by atoms with Crippen molar-refractivity contribution in [2.75, 3.05) is 5.73 Å². The molecule has 0 atom stereocenters. The molecule has 1 aromatic carbocycles. The number of hydrogen-bond donors (Lipinski definition) is 1. The van der Waals surface area contributed by atoms with Crippen molar-refractivity contribution in [1.29, 1.82) is 10.5 Å². The number of nitrogens with zero attached hydrogens (tertiary/aromatic N) is 2. The van der Waals surface area contributed by atoms with Crippen molar-refractivity contribution in [1.82, 2.24) is 0 Å². The molecule has 3 aromatic rings. The Morgan fingerprint density at radius 1 is 1.12 bits per heavy atom. The summed E-state index contributed by atoms with van der Waals surface area (Å²) in [7, 11) is 0. The van der Waals surface area contributed by atoms with Gasteiger partial charge in [-0.2, -0.15) is 10.5 Å². The Morgan fingerprint density at radius 3 is 2.44 bits per heavy atom. The maximum atomic E-state index is 13.0. The van der Waals surface area contributed by atoms with Crippen LogP contribution in [0.3, 0.4) is 0 Å². The number of aromatic nitrogens is 1. The highest BCUT2D eigenvalue weighted by atomic mass is 32.2. The Kier molecular flexibility index (Phi) is 4.99. The lowest BCUT2D eigenvalue weighted by atomic mass is 10.0. The first kappa shape index (κ1) is 17.0. The molecular weight excluding hydrogens is 355 g/mol. The molecule has 0 spiro atoms. The Labute approximate surface area is 152 Å². The number of hydrogen-bond acceptors (Lipinski definition) is 5. The average Bonchev–Trinajstić information content (AvgIpc) is 3.14. The molecule has 0 fully saturated rings. The molecule has 3 N–H and O–H groups in total. The maximum absolute atomic E-state index is 13.0. The molecule has 0 amide bonds. The summed E-state index contributed by atoms with van der Waals surface area (Å²) >= 11 is 2.84. The van der Waals surface area contributed by atoms with Gasteiger partial charge in [0.2, 0.25) is 0 Å². The van der Waals surface area contributed by atoms with Crippen molar-refractivity contribution in [3.8, 4) is 22.6 Å². The first-order valence-electron chi connectivity index (χ1n) is 7.24. The summed E-state index contributed by atoms with van der Waals surface area (Å²) in [5.41, 5.74) is 8.14. The molecule has 3 rings (SSSR count). The molecule has 0 aliphatic heterocycles. The van der Waals surface area contributed by atoms with Crippen LogP contribution >= 0.6 is 23.1 Å². The number of thiophene rings is 1. The number of benzene rings is 1. The molecule has 0 aliphatic carbocycles. The van der Waals surface area contributed by atoms with E-state index in [0.29, 0.717) is 21.9 Å². The zero-order valence-electron chi connectivity index (χ0n) is 12.9. The lowest BCUT2D eigenvalue weighted by Crippen LogP contribution is -2.18. The van der Waals surface area contributed by atoms with E-state index in [1.54, 1.807) is 12.1 Å². The van der Waals surface area contributed by atoms with Gasteiger partial charge in [-0.1, -0.05) is 30.0 Å². The number of halogens is 1. The molecule has 2 heterocycles. The molecule has 7 heteroatoms. The normalized spacial score (nSPS) is 10.2. The minimum atomic E-state index is -0.291. The molecule has 0 aliphatic rings. The maximum Gasteiger partial charge on any atom is 0.289 e. The third-order valence-electron chi connectivity index (χ3n) is 3.53. The van der Waals surface area contributed by atoms with Crippen LogP contribution in [-0.4, -0.2) is 0 Å². The number of thioether (sulfide) groups is 1. The van der Waals surface area contributed by atoms with E-state index < -0.39 is 0 Å². The average molecular weight is 367 g/mol. The van der Waals surface area contributed by atoms with Gasteiger partial charge in [0, 0.05) is 16.2 Å². The van der Waals surface area contributed by atoms with Crippen LogP contribution in [0.4, 0.5) is 10.2 Å². The Bertz CT molecular complexity index is 984. The smallest absolute Gasteiger partial charge is 0.286 e. The minimum Gasteiger partial charge on any atom is -0.286 e. The summed E-state index contributed by atoms with van der Waals surface area (Å²) in [4.78, 5) is 3.77. The highest BCUT2D eigenvalue weighted by Crippen LogP contribution is 2.36. The van der Waals surface area contributed by atoms with Crippen LogP contribution in [0.15, 0.2) is 46.8 Å². The van der Waals surface area contributed by atoms with Crippen LogP contribution in [0.1, 0.15) is 16.7 Å². The van der Waals surface area contributed by atoms with E-state index in [2.05, 4.69) is 17.1 Å². The molecule has 0 bridgehead atoms. The molecule has 25 heavy (non-hydrogen) atoms. The van der Waals surface area contributed by atoms with Crippen LogP contribution in [0, 0.1) is 28.5 Å². The number of nitrogens with one attached hydrogen (secondary N) is 1. The number of anilines is 1. The molecule has 122 valence electrons. The quantitative estimate of drug-likeness (QED) is 0.706. The minimum absolute atomic E-state index is 0.228. The Balaban J connectivity index is 2.04. The van der Waals surface area contributed by atoms with Crippen LogP contribution < -0.4 is 10.7 Å². The summed E-state index contributed by atoms with van der Waals surface area (Å²) in [6.07, 6.45) is 0. The third-order valence-corrected chi connectivity index (χ3v) is 5.49. The van der Waals surface area contributed by atoms with E-state index in [9.17, 15) is 14.9 Å². The van der Waals surface area contributed by atoms with Gasteiger partial charge in [-0.3, -0.25) is 5.73 Å².